The van der Waals surface area contributed by atoms with Gasteiger partial charge in [0, 0.05) is 22.9 Å². The number of amides is 1. The van der Waals surface area contributed by atoms with Crippen molar-refractivity contribution >= 4 is 23.2 Å². The third kappa shape index (κ3) is 5.07. The fourth-order valence-corrected chi connectivity index (χ4v) is 1.69. The molecule has 1 aromatic carbocycles. The van der Waals surface area contributed by atoms with Crippen LogP contribution < -0.4 is 5.32 Å². The first-order chi connectivity index (χ1) is 9.58. The predicted octanol–water partition coefficient (Wildman–Crippen LogP) is 1.96. The minimum atomic E-state index is -1.18. The highest BCUT2D eigenvalue weighted by atomic mass is 35.5. The number of halogens is 1. The van der Waals surface area contributed by atoms with Crippen molar-refractivity contribution in [1.82, 2.24) is 0 Å². The molecule has 0 bridgehead atoms. The van der Waals surface area contributed by atoms with E-state index in [9.17, 15) is 15.0 Å². The van der Waals surface area contributed by atoms with Crippen LogP contribution in [0.2, 0.25) is 0 Å². The van der Waals surface area contributed by atoms with Gasteiger partial charge in [-0.15, -0.1) is 11.6 Å². The summed E-state index contributed by atoms with van der Waals surface area (Å²) in [5.74, 6) is 0.0468. The maximum Gasteiger partial charge on any atom is 0.225 e. The number of carbonyl (C=O) groups excluding carboxylic acids is 1. The Kier molecular flexibility index (Phi) is 6.83. The number of aliphatic hydroxyl groups excluding tert-OH is 2. The van der Waals surface area contributed by atoms with Crippen molar-refractivity contribution in [2.45, 2.75) is 18.6 Å². The molecule has 3 N–H and O–H groups in total. The van der Waals surface area contributed by atoms with Gasteiger partial charge in [-0.25, -0.2) is 0 Å². The number of hydrogen-bond donors (Lipinski definition) is 3. The lowest BCUT2D eigenvalue weighted by Gasteiger charge is -2.16. The van der Waals surface area contributed by atoms with E-state index >= 15 is 0 Å². The monoisotopic (exact) mass is 298 g/mol. The normalized spacial score (nSPS) is 13.2. The second-order valence-electron chi connectivity index (χ2n) is 4.03. The molecule has 108 valence electrons. The van der Waals surface area contributed by atoms with Crippen LogP contribution in [0.25, 0.3) is 10.4 Å². The van der Waals surface area contributed by atoms with Crippen molar-refractivity contribution in [3.8, 4) is 0 Å². The van der Waals surface area contributed by atoms with Crippen LogP contribution in [0.3, 0.4) is 0 Å². The molecular weight excluding hydrogens is 284 g/mol. The summed E-state index contributed by atoms with van der Waals surface area (Å²) in [6.07, 6.45) is -2.12. The second kappa shape index (κ2) is 8.39. The smallest absolute Gasteiger partial charge is 0.225 e. The van der Waals surface area contributed by atoms with Crippen LogP contribution in [0.4, 0.5) is 5.69 Å². The molecule has 1 aromatic rings. The van der Waals surface area contributed by atoms with Gasteiger partial charge >= 0.3 is 0 Å². The minimum absolute atomic E-state index is 0.198. The third-order valence-electron chi connectivity index (χ3n) is 2.55. The van der Waals surface area contributed by atoms with E-state index in [1.807, 2.05) is 0 Å². The molecule has 2 unspecified atom stereocenters. The number of rotatable bonds is 7. The number of azide groups is 1. The number of alkyl halides is 1. The van der Waals surface area contributed by atoms with Crippen molar-refractivity contribution in [2.24, 2.45) is 5.11 Å². The van der Waals surface area contributed by atoms with Crippen LogP contribution in [0.1, 0.15) is 18.1 Å². The van der Waals surface area contributed by atoms with E-state index < -0.39 is 12.2 Å². The summed E-state index contributed by atoms with van der Waals surface area (Å²) in [5.41, 5.74) is 9.18. The lowest BCUT2D eigenvalue weighted by molar-refractivity contribution is -0.115. The molecule has 2 atom stereocenters. The number of hydrogen-bond acceptors (Lipinski definition) is 4. The third-order valence-corrected chi connectivity index (χ3v) is 2.74. The molecular formula is C12H15ClN4O3. The fourth-order valence-electron chi connectivity index (χ4n) is 1.52. The Morgan fingerprint density at radius 3 is 2.60 bits per heavy atom. The van der Waals surface area contributed by atoms with E-state index in [0.29, 0.717) is 11.3 Å². The SMILES string of the molecule is [N-]=[N+]=NCC(O)C(O)c1ccc(NC(=O)CCCl)cc1. The molecule has 0 aliphatic heterocycles. The van der Waals surface area contributed by atoms with Crippen LogP contribution in [0.5, 0.6) is 0 Å². The molecule has 0 heterocycles. The first kappa shape index (κ1) is 16.3. The van der Waals surface area contributed by atoms with Crippen LogP contribution in [-0.4, -0.2) is 34.6 Å². The standard InChI is InChI=1S/C12H15ClN4O3/c13-6-5-11(19)16-9-3-1-8(2-4-9)12(20)10(18)7-15-17-14/h1-4,10,12,18,20H,5-7H2,(H,16,19). The van der Waals surface area contributed by atoms with Gasteiger partial charge in [0.05, 0.1) is 12.6 Å². The van der Waals surface area contributed by atoms with Gasteiger partial charge in [-0.3, -0.25) is 4.79 Å². The van der Waals surface area contributed by atoms with Gasteiger partial charge in [0.25, 0.3) is 0 Å². The number of nitrogens with one attached hydrogen (secondary N) is 1. The first-order valence-corrected chi connectivity index (χ1v) is 6.44. The van der Waals surface area contributed by atoms with E-state index in [2.05, 4.69) is 15.3 Å². The van der Waals surface area contributed by atoms with Crippen molar-refractivity contribution in [1.29, 1.82) is 0 Å². The predicted molar refractivity (Wildman–Crippen MR) is 75.4 cm³/mol. The fraction of sp³-hybridized carbons (Fsp3) is 0.417. The lowest BCUT2D eigenvalue weighted by atomic mass is 10.0. The van der Waals surface area contributed by atoms with Crippen molar-refractivity contribution < 1.29 is 15.0 Å². The molecule has 0 saturated heterocycles. The van der Waals surface area contributed by atoms with Crippen molar-refractivity contribution in [3.63, 3.8) is 0 Å². The summed E-state index contributed by atoms with van der Waals surface area (Å²) < 4.78 is 0. The highest BCUT2D eigenvalue weighted by molar-refractivity contribution is 6.19. The van der Waals surface area contributed by atoms with Crippen LogP contribution >= 0.6 is 11.6 Å². The largest absolute Gasteiger partial charge is 0.390 e. The highest BCUT2D eigenvalue weighted by Gasteiger charge is 2.17. The van der Waals surface area contributed by atoms with Crippen LogP contribution in [0, 0.1) is 0 Å². The zero-order valence-electron chi connectivity index (χ0n) is 10.6. The second-order valence-corrected chi connectivity index (χ2v) is 4.41. The molecule has 0 aromatic heterocycles. The van der Waals surface area contributed by atoms with Crippen LogP contribution in [-0.2, 0) is 4.79 Å². The molecule has 1 rings (SSSR count). The summed E-state index contributed by atoms with van der Waals surface area (Å²) in [5, 5.41) is 25.3. The van der Waals surface area contributed by atoms with Gasteiger partial charge < -0.3 is 15.5 Å². The molecule has 8 heteroatoms. The average molecular weight is 299 g/mol. The number of nitrogens with zero attached hydrogens (tertiary/aromatic N) is 3. The molecule has 0 spiro atoms. The molecule has 1 amide bonds. The van der Waals surface area contributed by atoms with Gasteiger partial charge in [-0.1, -0.05) is 17.2 Å². The maximum absolute atomic E-state index is 11.3. The Balaban J connectivity index is 2.65. The molecule has 0 radical (unpaired) electrons. The first-order valence-electron chi connectivity index (χ1n) is 5.91. The Bertz CT molecular complexity index is 488. The zero-order chi connectivity index (χ0) is 15.0. The molecule has 0 aliphatic carbocycles. The van der Waals surface area contributed by atoms with E-state index in [-0.39, 0.29) is 24.8 Å². The summed E-state index contributed by atoms with van der Waals surface area (Å²) in [6, 6.07) is 6.34. The van der Waals surface area contributed by atoms with Crippen molar-refractivity contribution in [3.05, 3.63) is 40.3 Å². The van der Waals surface area contributed by atoms with Gasteiger partial charge in [0.15, 0.2) is 0 Å². The van der Waals surface area contributed by atoms with E-state index in [4.69, 9.17) is 17.1 Å². The topological polar surface area (TPSA) is 118 Å². The van der Waals surface area contributed by atoms with Gasteiger partial charge in [0.2, 0.25) is 5.91 Å². The number of carbonyl (C=O) groups is 1. The van der Waals surface area contributed by atoms with E-state index in [0.717, 1.165) is 0 Å². The van der Waals surface area contributed by atoms with Gasteiger partial charge in [-0.05, 0) is 23.2 Å². The van der Waals surface area contributed by atoms with Crippen molar-refractivity contribution in [2.75, 3.05) is 17.7 Å². The summed E-state index contributed by atoms with van der Waals surface area (Å²) >= 11 is 5.45. The molecule has 0 saturated carbocycles. The zero-order valence-corrected chi connectivity index (χ0v) is 11.4. The number of anilines is 1. The summed E-state index contributed by atoms with van der Waals surface area (Å²) in [4.78, 5) is 13.8. The Morgan fingerprint density at radius 2 is 2.05 bits per heavy atom. The average Bonchev–Trinajstić information content (AvgIpc) is 2.45. The minimum Gasteiger partial charge on any atom is -0.390 e. The highest BCUT2D eigenvalue weighted by Crippen LogP contribution is 2.19. The molecule has 20 heavy (non-hydrogen) atoms. The molecule has 7 nitrogen and oxygen atoms in total. The molecule has 0 fully saturated rings. The lowest BCUT2D eigenvalue weighted by Crippen LogP contribution is -2.21. The number of benzene rings is 1. The maximum atomic E-state index is 11.3. The Hall–Kier alpha value is -1.79. The summed E-state index contributed by atoms with van der Waals surface area (Å²) in [7, 11) is 0. The number of aliphatic hydroxyl groups is 2. The Morgan fingerprint density at radius 1 is 1.40 bits per heavy atom. The van der Waals surface area contributed by atoms with Crippen LogP contribution in [0.15, 0.2) is 29.4 Å². The summed E-state index contributed by atoms with van der Waals surface area (Å²) in [6.45, 7) is -0.216. The molecule has 0 aliphatic rings. The van der Waals surface area contributed by atoms with E-state index in [1.165, 1.54) is 0 Å². The van der Waals surface area contributed by atoms with Gasteiger partial charge in [0.1, 0.15) is 6.10 Å². The quantitative estimate of drug-likeness (QED) is 0.309. The van der Waals surface area contributed by atoms with Gasteiger partial charge in [-0.2, -0.15) is 0 Å². The Labute approximate surface area is 120 Å². The van der Waals surface area contributed by atoms with E-state index in [1.54, 1.807) is 24.3 Å².